The molecular formula is C15H20N4. The quantitative estimate of drug-likeness (QED) is 0.896. The molecule has 19 heavy (non-hydrogen) atoms. The third-order valence-electron chi connectivity index (χ3n) is 2.90. The third-order valence-corrected chi connectivity index (χ3v) is 2.90. The van der Waals surface area contributed by atoms with Crippen molar-refractivity contribution < 1.29 is 0 Å². The van der Waals surface area contributed by atoms with Crippen molar-refractivity contribution in [2.24, 2.45) is 0 Å². The van der Waals surface area contributed by atoms with E-state index in [1.807, 2.05) is 32.2 Å². The van der Waals surface area contributed by atoms with E-state index in [1.54, 1.807) is 6.20 Å². The second kappa shape index (κ2) is 4.96. The van der Waals surface area contributed by atoms with Gasteiger partial charge in [-0.15, -0.1) is 0 Å². The number of nitrogens with zero attached hydrogens (tertiary/aromatic N) is 3. The summed E-state index contributed by atoms with van der Waals surface area (Å²) in [6.07, 6.45) is 1.79. The highest BCUT2D eigenvalue weighted by atomic mass is 15.0. The molecule has 2 heterocycles. The van der Waals surface area contributed by atoms with Crippen molar-refractivity contribution in [3.63, 3.8) is 0 Å². The van der Waals surface area contributed by atoms with E-state index in [4.69, 9.17) is 0 Å². The van der Waals surface area contributed by atoms with Gasteiger partial charge in [-0.3, -0.25) is 4.98 Å². The molecule has 0 saturated heterocycles. The number of anilines is 1. The van der Waals surface area contributed by atoms with E-state index in [-0.39, 0.29) is 5.41 Å². The minimum absolute atomic E-state index is 0.0207. The number of nitrogens with one attached hydrogen (secondary N) is 1. The second-order valence-corrected chi connectivity index (χ2v) is 5.68. The van der Waals surface area contributed by atoms with Crippen LogP contribution in [0.15, 0.2) is 24.4 Å². The molecule has 0 aliphatic rings. The van der Waals surface area contributed by atoms with Crippen molar-refractivity contribution in [2.75, 3.05) is 12.4 Å². The predicted molar refractivity (Wildman–Crippen MR) is 78.2 cm³/mol. The van der Waals surface area contributed by atoms with Crippen LogP contribution in [-0.2, 0) is 5.41 Å². The van der Waals surface area contributed by atoms with Gasteiger partial charge in [-0.2, -0.15) is 0 Å². The maximum Gasteiger partial charge on any atom is 0.180 e. The summed E-state index contributed by atoms with van der Waals surface area (Å²) in [5, 5.41) is 3.09. The van der Waals surface area contributed by atoms with Gasteiger partial charge in [0, 0.05) is 24.7 Å². The lowest BCUT2D eigenvalue weighted by molar-refractivity contribution is 0.568. The molecule has 0 aromatic carbocycles. The number of hydrogen-bond donors (Lipinski definition) is 1. The average Bonchev–Trinajstić information content (AvgIpc) is 2.37. The molecule has 2 aromatic heterocycles. The molecular weight excluding hydrogens is 236 g/mol. The van der Waals surface area contributed by atoms with E-state index in [0.717, 1.165) is 22.8 Å². The Bertz CT molecular complexity index is 585. The first-order valence-corrected chi connectivity index (χ1v) is 6.40. The zero-order chi connectivity index (χ0) is 14.0. The van der Waals surface area contributed by atoms with Crippen LogP contribution in [0.2, 0.25) is 0 Å². The van der Waals surface area contributed by atoms with Crippen molar-refractivity contribution in [2.45, 2.75) is 33.1 Å². The fourth-order valence-corrected chi connectivity index (χ4v) is 1.73. The minimum atomic E-state index is -0.0207. The van der Waals surface area contributed by atoms with Gasteiger partial charge in [0.2, 0.25) is 0 Å². The molecule has 0 unspecified atom stereocenters. The Balaban J connectivity index is 2.57. The van der Waals surface area contributed by atoms with Gasteiger partial charge in [-0.05, 0) is 24.6 Å². The Labute approximate surface area is 114 Å². The van der Waals surface area contributed by atoms with Crippen LogP contribution in [0, 0.1) is 6.92 Å². The smallest absolute Gasteiger partial charge is 0.180 e. The Morgan fingerprint density at radius 2 is 1.84 bits per heavy atom. The van der Waals surface area contributed by atoms with Crippen LogP contribution in [0.25, 0.3) is 11.5 Å². The summed E-state index contributed by atoms with van der Waals surface area (Å²) in [6, 6.07) is 5.95. The molecule has 0 fully saturated rings. The maximum atomic E-state index is 4.65. The largest absolute Gasteiger partial charge is 0.373 e. The van der Waals surface area contributed by atoms with Crippen LogP contribution < -0.4 is 5.32 Å². The van der Waals surface area contributed by atoms with Crippen molar-refractivity contribution in [3.05, 3.63) is 35.7 Å². The summed E-state index contributed by atoms with van der Waals surface area (Å²) in [5.41, 5.74) is 2.95. The van der Waals surface area contributed by atoms with Crippen molar-refractivity contribution in [1.29, 1.82) is 0 Å². The molecule has 4 nitrogen and oxygen atoms in total. The van der Waals surface area contributed by atoms with E-state index in [0.29, 0.717) is 5.82 Å². The highest BCUT2D eigenvalue weighted by Crippen LogP contribution is 2.25. The highest BCUT2D eigenvalue weighted by Gasteiger charge is 2.18. The van der Waals surface area contributed by atoms with Crippen LogP contribution in [0.5, 0.6) is 0 Å². The zero-order valence-corrected chi connectivity index (χ0v) is 12.2. The lowest BCUT2D eigenvalue weighted by Gasteiger charge is -2.19. The molecule has 0 aliphatic heterocycles. The van der Waals surface area contributed by atoms with Gasteiger partial charge in [0.05, 0.1) is 5.69 Å². The van der Waals surface area contributed by atoms with Crippen LogP contribution >= 0.6 is 0 Å². The topological polar surface area (TPSA) is 50.7 Å². The molecule has 0 saturated carbocycles. The fourth-order valence-electron chi connectivity index (χ4n) is 1.73. The fraction of sp³-hybridized carbons (Fsp3) is 0.400. The molecule has 0 amide bonds. The first-order chi connectivity index (χ1) is 8.90. The molecule has 0 spiro atoms. The molecule has 4 heteroatoms. The monoisotopic (exact) mass is 256 g/mol. The Morgan fingerprint density at radius 3 is 2.42 bits per heavy atom. The molecule has 100 valence electrons. The predicted octanol–water partition coefficient (Wildman–Crippen LogP) is 3.19. The van der Waals surface area contributed by atoms with Gasteiger partial charge in [-0.1, -0.05) is 20.8 Å². The van der Waals surface area contributed by atoms with Gasteiger partial charge in [0.1, 0.15) is 11.5 Å². The Hall–Kier alpha value is -1.97. The van der Waals surface area contributed by atoms with Crippen LogP contribution in [0.1, 0.15) is 32.0 Å². The van der Waals surface area contributed by atoms with Gasteiger partial charge >= 0.3 is 0 Å². The summed E-state index contributed by atoms with van der Waals surface area (Å²) >= 11 is 0. The normalized spacial score (nSPS) is 11.4. The van der Waals surface area contributed by atoms with E-state index < -0.39 is 0 Å². The average molecular weight is 256 g/mol. The van der Waals surface area contributed by atoms with E-state index in [1.165, 1.54) is 0 Å². The van der Waals surface area contributed by atoms with E-state index in [2.05, 4.69) is 41.0 Å². The summed E-state index contributed by atoms with van der Waals surface area (Å²) in [6.45, 7) is 8.46. The standard InChI is InChI=1S/C15H20N4/c1-10-6-7-17-11(8-10)14-18-12(15(2,3)4)9-13(16-5)19-14/h6-9H,1-5H3,(H,16,18,19). The lowest BCUT2D eigenvalue weighted by atomic mass is 9.92. The summed E-state index contributed by atoms with van der Waals surface area (Å²) in [5.74, 6) is 1.48. The first kappa shape index (κ1) is 13.5. The van der Waals surface area contributed by atoms with E-state index in [9.17, 15) is 0 Å². The first-order valence-electron chi connectivity index (χ1n) is 6.40. The Morgan fingerprint density at radius 1 is 1.11 bits per heavy atom. The van der Waals surface area contributed by atoms with Crippen molar-refractivity contribution in [3.8, 4) is 11.5 Å². The van der Waals surface area contributed by atoms with Crippen LogP contribution in [0.3, 0.4) is 0 Å². The van der Waals surface area contributed by atoms with Crippen LogP contribution in [-0.4, -0.2) is 22.0 Å². The molecule has 0 radical (unpaired) electrons. The number of aryl methyl sites for hydroxylation is 1. The third kappa shape index (κ3) is 3.08. The molecule has 2 aromatic rings. The van der Waals surface area contributed by atoms with Crippen molar-refractivity contribution >= 4 is 5.82 Å². The SMILES string of the molecule is CNc1cc(C(C)(C)C)nc(-c2cc(C)ccn2)n1. The second-order valence-electron chi connectivity index (χ2n) is 5.68. The molecule has 2 rings (SSSR count). The number of aromatic nitrogens is 3. The Kier molecular flexibility index (Phi) is 3.51. The molecule has 0 aliphatic carbocycles. The lowest BCUT2D eigenvalue weighted by Crippen LogP contribution is -2.15. The zero-order valence-electron chi connectivity index (χ0n) is 12.2. The maximum absolute atomic E-state index is 4.65. The summed E-state index contributed by atoms with van der Waals surface area (Å²) in [4.78, 5) is 13.5. The highest BCUT2D eigenvalue weighted by molar-refractivity contribution is 5.54. The van der Waals surface area contributed by atoms with Gasteiger partial charge in [-0.25, -0.2) is 9.97 Å². The number of rotatable bonds is 2. The summed E-state index contributed by atoms with van der Waals surface area (Å²) in [7, 11) is 1.86. The molecule has 0 atom stereocenters. The van der Waals surface area contributed by atoms with Gasteiger partial charge < -0.3 is 5.32 Å². The van der Waals surface area contributed by atoms with Crippen molar-refractivity contribution in [1.82, 2.24) is 15.0 Å². The van der Waals surface area contributed by atoms with E-state index >= 15 is 0 Å². The summed E-state index contributed by atoms with van der Waals surface area (Å²) < 4.78 is 0. The molecule has 0 bridgehead atoms. The van der Waals surface area contributed by atoms with Gasteiger partial charge in [0.15, 0.2) is 5.82 Å². The van der Waals surface area contributed by atoms with Gasteiger partial charge in [0.25, 0.3) is 0 Å². The molecule has 1 N–H and O–H groups in total. The number of hydrogen-bond acceptors (Lipinski definition) is 4. The number of pyridine rings is 1. The minimum Gasteiger partial charge on any atom is -0.373 e. The van der Waals surface area contributed by atoms with Crippen LogP contribution in [0.4, 0.5) is 5.82 Å².